The molecule has 3 aromatic carbocycles. The van der Waals surface area contributed by atoms with E-state index < -0.39 is 0 Å². The van der Waals surface area contributed by atoms with E-state index in [0.29, 0.717) is 6.61 Å². The Labute approximate surface area is 191 Å². The molecule has 0 saturated carbocycles. The molecule has 0 radical (unpaired) electrons. The largest absolute Gasteiger partial charge is 0.497 e. The molecule has 4 nitrogen and oxygen atoms in total. The Kier molecular flexibility index (Phi) is 7.46. The van der Waals surface area contributed by atoms with E-state index in [1.165, 1.54) is 22.3 Å². The number of hydrogen-bond acceptors (Lipinski definition) is 4. The molecule has 0 amide bonds. The molecule has 2 atom stereocenters. The van der Waals surface area contributed by atoms with E-state index in [-0.39, 0.29) is 18.1 Å². The van der Waals surface area contributed by atoms with Crippen LogP contribution >= 0.6 is 0 Å². The molecule has 168 valence electrons. The molecular weight excluding hydrogens is 400 g/mol. The molecule has 32 heavy (non-hydrogen) atoms. The van der Waals surface area contributed by atoms with Gasteiger partial charge in [0.15, 0.2) is 6.29 Å². The van der Waals surface area contributed by atoms with E-state index in [1.807, 2.05) is 12.1 Å². The Hall–Kier alpha value is -2.82. The van der Waals surface area contributed by atoms with Crippen molar-refractivity contribution in [2.24, 2.45) is 0 Å². The quantitative estimate of drug-likeness (QED) is 0.392. The lowest BCUT2D eigenvalue weighted by Crippen LogP contribution is -2.25. The van der Waals surface area contributed by atoms with E-state index in [0.717, 1.165) is 30.8 Å². The molecule has 0 saturated heterocycles. The van der Waals surface area contributed by atoms with Crippen molar-refractivity contribution >= 4 is 0 Å². The first-order valence-electron chi connectivity index (χ1n) is 11.2. The summed E-state index contributed by atoms with van der Waals surface area (Å²) in [7, 11) is 5.07. The maximum absolute atomic E-state index is 6.20. The lowest BCUT2D eigenvalue weighted by molar-refractivity contribution is -0.106. The first-order chi connectivity index (χ1) is 15.7. The van der Waals surface area contributed by atoms with Crippen LogP contribution in [0.15, 0.2) is 72.8 Å². The van der Waals surface area contributed by atoms with E-state index >= 15 is 0 Å². The topological polar surface area (TPSA) is 36.9 Å². The molecule has 0 N–H and O–H groups in total. The van der Waals surface area contributed by atoms with E-state index in [9.17, 15) is 0 Å². The molecule has 0 aromatic heterocycles. The summed E-state index contributed by atoms with van der Waals surface area (Å²) in [5.74, 6) is 2.22. The van der Waals surface area contributed by atoms with Crippen LogP contribution in [-0.4, -0.2) is 34.2 Å². The average Bonchev–Trinajstić information content (AvgIpc) is 2.86. The number of fused-ring (bicyclic) bond motifs is 1. The molecule has 3 aromatic rings. The van der Waals surface area contributed by atoms with Gasteiger partial charge in [-0.25, -0.2) is 0 Å². The summed E-state index contributed by atoms with van der Waals surface area (Å²) in [6.45, 7) is 0.645. The molecular formula is C28H32O4. The van der Waals surface area contributed by atoms with Crippen molar-refractivity contribution < 1.29 is 18.9 Å². The van der Waals surface area contributed by atoms with Crippen molar-refractivity contribution in [2.45, 2.75) is 37.4 Å². The molecule has 1 unspecified atom stereocenters. The minimum absolute atomic E-state index is 0.128. The Morgan fingerprint density at radius 1 is 0.875 bits per heavy atom. The highest BCUT2D eigenvalue weighted by Crippen LogP contribution is 2.47. The summed E-state index contributed by atoms with van der Waals surface area (Å²) in [4.78, 5) is 0. The number of hydrogen-bond donors (Lipinski definition) is 0. The fourth-order valence-corrected chi connectivity index (χ4v) is 4.61. The normalized spacial score (nSPS) is 17.6. The van der Waals surface area contributed by atoms with Crippen molar-refractivity contribution in [1.82, 2.24) is 0 Å². The first kappa shape index (κ1) is 22.4. The van der Waals surface area contributed by atoms with Crippen LogP contribution in [0.5, 0.6) is 11.5 Å². The third-order valence-corrected chi connectivity index (χ3v) is 6.37. The highest BCUT2D eigenvalue weighted by Gasteiger charge is 2.33. The Morgan fingerprint density at radius 3 is 2.31 bits per heavy atom. The van der Waals surface area contributed by atoms with Gasteiger partial charge in [0.25, 0.3) is 0 Å². The smallest absolute Gasteiger partial charge is 0.156 e. The minimum atomic E-state index is -0.128. The lowest BCUT2D eigenvalue weighted by atomic mass is 9.75. The van der Waals surface area contributed by atoms with E-state index in [1.54, 1.807) is 21.3 Å². The van der Waals surface area contributed by atoms with Crippen LogP contribution in [-0.2, 0) is 15.9 Å². The average molecular weight is 433 g/mol. The molecule has 1 aliphatic rings. The number of rotatable bonds is 9. The Bertz CT molecular complexity index is 980. The van der Waals surface area contributed by atoms with Gasteiger partial charge in [-0.1, -0.05) is 60.7 Å². The zero-order valence-corrected chi connectivity index (χ0v) is 19.1. The predicted molar refractivity (Wildman–Crippen MR) is 127 cm³/mol. The third-order valence-electron chi connectivity index (χ3n) is 6.37. The van der Waals surface area contributed by atoms with Crippen LogP contribution < -0.4 is 9.47 Å². The highest BCUT2D eigenvalue weighted by atomic mass is 16.7. The second-order valence-electron chi connectivity index (χ2n) is 8.24. The van der Waals surface area contributed by atoms with Gasteiger partial charge in [-0.05, 0) is 42.0 Å². The van der Waals surface area contributed by atoms with Crippen LogP contribution in [0.1, 0.15) is 46.9 Å². The van der Waals surface area contributed by atoms with E-state index in [2.05, 4.69) is 60.7 Å². The van der Waals surface area contributed by atoms with Gasteiger partial charge in [-0.2, -0.15) is 0 Å². The summed E-state index contributed by atoms with van der Waals surface area (Å²) in [5.41, 5.74) is 5.15. The van der Waals surface area contributed by atoms with Crippen molar-refractivity contribution in [1.29, 1.82) is 0 Å². The standard InChI is InChI=1S/C28H32O4/c1-29-23-16-17-24-26(18-23)32-19-25(21-9-5-4-6-10-21)28(24)22-14-12-20(13-15-22)8-7-11-27(30-2)31-3/h4-6,9-10,12-18,25,27-28H,7-8,11,19H2,1-3H3/t25-,28?/m1/s1. The van der Waals surface area contributed by atoms with Gasteiger partial charge in [-0.15, -0.1) is 0 Å². The summed E-state index contributed by atoms with van der Waals surface area (Å²) in [6, 6.07) is 25.9. The first-order valence-corrected chi connectivity index (χ1v) is 11.2. The van der Waals surface area contributed by atoms with E-state index in [4.69, 9.17) is 18.9 Å². The summed E-state index contributed by atoms with van der Waals surface area (Å²) in [5, 5.41) is 0. The lowest BCUT2D eigenvalue weighted by Gasteiger charge is -2.34. The van der Waals surface area contributed by atoms with Gasteiger partial charge in [0.05, 0.1) is 13.7 Å². The highest BCUT2D eigenvalue weighted by molar-refractivity contribution is 5.50. The molecule has 0 fully saturated rings. The van der Waals surface area contributed by atoms with Crippen LogP contribution in [0, 0.1) is 0 Å². The molecule has 0 bridgehead atoms. The number of aryl methyl sites for hydroxylation is 1. The summed E-state index contributed by atoms with van der Waals surface area (Å²) in [6.07, 6.45) is 2.79. The second kappa shape index (κ2) is 10.7. The van der Waals surface area contributed by atoms with Crippen molar-refractivity contribution in [3.63, 3.8) is 0 Å². The third kappa shape index (κ3) is 4.98. The monoisotopic (exact) mass is 432 g/mol. The van der Waals surface area contributed by atoms with Crippen molar-refractivity contribution in [3.05, 3.63) is 95.1 Å². The van der Waals surface area contributed by atoms with Gasteiger partial charge in [0, 0.05) is 37.7 Å². The number of benzene rings is 3. The van der Waals surface area contributed by atoms with Gasteiger partial charge in [0.2, 0.25) is 0 Å². The zero-order valence-electron chi connectivity index (χ0n) is 19.1. The van der Waals surface area contributed by atoms with Crippen molar-refractivity contribution in [2.75, 3.05) is 27.9 Å². The van der Waals surface area contributed by atoms with Gasteiger partial charge in [0.1, 0.15) is 11.5 Å². The number of ether oxygens (including phenoxy) is 4. The molecule has 4 rings (SSSR count). The minimum Gasteiger partial charge on any atom is -0.497 e. The second-order valence-corrected chi connectivity index (χ2v) is 8.24. The molecule has 1 heterocycles. The predicted octanol–water partition coefficient (Wildman–Crippen LogP) is 5.94. The molecule has 1 aliphatic heterocycles. The van der Waals surface area contributed by atoms with Crippen LogP contribution in [0.25, 0.3) is 0 Å². The van der Waals surface area contributed by atoms with Crippen LogP contribution in [0.4, 0.5) is 0 Å². The fraction of sp³-hybridized carbons (Fsp3) is 0.357. The molecule has 0 aliphatic carbocycles. The van der Waals surface area contributed by atoms with Gasteiger partial charge in [-0.3, -0.25) is 0 Å². The summed E-state index contributed by atoms with van der Waals surface area (Å²) >= 11 is 0. The van der Waals surface area contributed by atoms with Gasteiger partial charge < -0.3 is 18.9 Å². The van der Waals surface area contributed by atoms with Crippen LogP contribution in [0.2, 0.25) is 0 Å². The maximum Gasteiger partial charge on any atom is 0.156 e. The Morgan fingerprint density at radius 2 is 1.62 bits per heavy atom. The Balaban J connectivity index is 1.59. The fourth-order valence-electron chi connectivity index (χ4n) is 4.61. The van der Waals surface area contributed by atoms with Crippen molar-refractivity contribution in [3.8, 4) is 11.5 Å². The number of methoxy groups -OCH3 is 3. The summed E-state index contributed by atoms with van der Waals surface area (Å²) < 4.78 is 22.2. The van der Waals surface area contributed by atoms with Gasteiger partial charge >= 0.3 is 0 Å². The molecule has 0 spiro atoms. The molecule has 4 heteroatoms. The SMILES string of the molecule is COc1ccc2c(c1)OC[C@H](c1ccccc1)C2c1ccc(CCCC(OC)OC)cc1. The zero-order chi connectivity index (χ0) is 22.3. The van der Waals surface area contributed by atoms with Crippen LogP contribution in [0.3, 0.4) is 0 Å². The maximum atomic E-state index is 6.20.